The molecule has 0 spiro atoms. The monoisotopic (exact) mass is 616 g/mol. The number of carboxylic acids is 1. The standard InChI is InChI=1S/C27H25IN2O7/c1-4-11-36-22-10-9-20(14-23(22)34-2)26(31)30-29-15-18-12-21(28)25(24(13-18)35-3)37-16-17-5-7-19(8-6-17)27(32)33/h4-10,12-15H,1,11,16H2,2-3H3,(H,30,31)(H,32,33)/b29-15+. The number of benzene rings is 3. The summed E-state index contributed by atoms with van der Waals surface area (Å²) in [5.41, 5.74) is 4.55. The molecule has 10 heteroatoms. The molecule has 1 amide bonds. The van der Waals surface area contributed by atoms with Crippen molar-refractivity contribution in [1.29, 1.82) is 0 Å². The number of nitrogens with one attached hydrogen (secondary N) is 1. The van der Waals surface area contributed by atoms with Crippen LogP contribution in [0.25, 0.3) is 0 Å². The van der Waals surface area contributed by atoms with Gasteiger partial charge in [-0.25, -0.2) is 10.2 Å². The summed E-state index contributed by atoms with van der Waals surface area (Å²) in [5.74, 6) is 0.554. The fraction of sp³-hybridized carbons (Fsp3) is 0.148. The number of carbonyl (C=O) groups is 2. The summed E-state index contributed by atoms with van der Waals surface area (Å²) in [7, 11) is 3.02. The van der Waals surface area contributed by atoms with Gasteiger partial charge in [0, 0.05) is 5.56 Å². The first-order chi connectivity index (χ1) is 17.9. The average molecular weight is 616 g/mol. The molecule has 0 bridgehead atoms. The average Bonchev–Trinajstić information content (AvgIpc) is 2.91. The number of hydrogen-bond donors (Lipinski definition) is 2. The second kappa shape index (κ2) is 13.3. The Kier molecular flexibility index (Phi) is 9.90. The van der Waals surface area contributed by atoms with E-state index < -0.39 is 11.9 Å². The zero-order valence-electron chi connectivity index (χ0n) is 20.2. The van der Waals surface area contributed by atoms with Crippen LogP contribution in [-0.2, 0) is 6.61 Å². The molecule has 0 aliphatic carbocycles. The van der Waals surface area contributed by atoms with E-state index in [1.165, 1.54) is 32.6 Å². The Hall–Kier alpha value is -4.06. The number of amides is 1. The number of aromatic carboxylic acids is 1. The summed E-state index contributed by atoms with van der Waals surface area (Å²) < 4.78 is 23.0. The van der Waals surface area contributed by atoms with Crippen molar-refractivity contribution in [1.82, 2.24) is 5.43 Å². The van der Waals surface area contributed by atoms with Crippen LogP contribution in [-0.4, -0.2) is 44.0 Å². The highest BCUT2D eigenvalue weighted by Crippen LogP contribution is 2.34. The Labute approximate surface area is 227 Å². The normalized spacial score (nSPS) is 10.6. The first-order valence-corrected chi connectivity index (χ1v) is 12.0. The van der Waals surface area contributed by atoms with Crippen molar-refractivity contribution in [3.8, 4) is 23.0 Å². The lowest BCUT2D eigenvalue weighted by Gasteiger charge is -2.14. The van der Waals surface area contributed by atoms with Crippen LogP contribution in [0, 0.1) is 3.57 Å². The summed E-state index contributed by atoms with van der Waals surface area (Å²) in [6.45, 7) is 4.16. The van der Waals surface area contributed by atoms with E-state index in [-0.39, 0.29) is 12.2 Å². The van der Waals surface area contributed by atoms with Crippen molar-refractivity contribution in [2.75, 3.05) is 20.8 Å². The molecule has 2 N–H and O–H groups in total. The van der Waals surface area contributed by atoms with Crippen LogP contribution in [0.5, 0.6) is 23.0 Å². The van der Waals surface area contributed by atoms with Gasteiger partial charge in [-0.3, -0.25) is 4.79 Å². The van der Waals surface area contributed by atoms with Gasteiger partial charge in [0.15, 0.2) is 23.0 Å². The summed E-state index contributed by atoms with van der Waals surface area (Å²) in [6, 6.07) is 14.8. The number of rotatable bonds is 12. The molecule has 0 aliphatic rings. The number of carboxylic acid groups (broad SMARTS) is 1. The van der Waals surface area contributed by atoms with Gasteiger partial charge in [0.1, 0.15) is 13.2 Å². The van der Waals surface area contributed by atoms with E-state index in [0.717, 1.165) is 9.13 Å². The molecule has 0 atom stereocenters. The second-order valence-electron chi connectivity index (χ2n) is 7.49. The van der Waals surface area contributed by atoms with E-state index in [4.69, 9.17) is 24.1 Å². The molecule has 0 saturated heterocycles. The van der Waals surface area contributed by atoms with Crippen LogP contribution < -0.4 is 24.4 Å². The zero-order valence-corrected chi connectivity index (χ0v) is 22.4. The van der Waals surface area contributed by atoms with E-state index in [1.807, 2.05) is 6.07 Å². The third kappa shape index (κ3) is 7.46. The molecule has 0 aromatic heterocycles. The van der Waals surface area contributed by atoms with Gasteiger partial charge < -0.3 is 24.1 Å². The lowest BCUT2D eigenvalue weighted by molar-refractivity contribution is 0.0696. The molecule has 0 radical (unpaired) electrons. The number of hydrazone groups is 1. The first-order valence-electron chi connectivity index (χ1n) is 10.9. The van der Waals surface area contributed by atoms with Crippen molar-refractivity contribution in [3.05, 3.63) is 93.1 Å². The highest BCUT2D eigenvalue weighted by atomic mass is 127. The maximum atomic E-state index is 12.5. The lowest BCUT2D eigenvalue weighted by Crippen LogP contribution is -2.17. The minimum absolute atomic E-state index is 0.209. The van der Waals surface area contributed by atoms with E-state index in [2.05, 4.69) is 39.7 Å². The molecule has 0 saturated carbocycles. The highest BCUT2D eigenvalue weighted by Gasteiger charge is 2.13. The van der Waals surface area contributed by atoms with Gasteiger partial charge >= 0.3 is 5.97 Å². The third-order valence-corrected chi connectivity index (χ3v) is 5.80. The molecule has 3 aromatic carbocycles. The van der Waals surface area contributed by atoms with Crippen LogP contribution in [0.4, 0.5) is 0 Å². The largest absolute Gasteiger partial charge is 0.493 e. The summed E-state index contributed by atoms with van der Waals surface area (Å²) in [6.07, 6.45) is 3.11. The van der Waals surface area contributed by atoms with Crippen LogP contribution in [0.2, 0.25) is 0 Å². The van der Waals surface area contributed by atoms with Crippen LogP contribution in [0.1, 0.15) is 31.8 Å². The van der Waals surface area contributed by atoms with E-state index in [1.54, 1.807) is 42.5 Å². The SMILES string of the molecule is C=CCOc1ccc(C(=O)N/N=C/c2cc(I)c(OCc3ccc(C(=O)O)cc3)c(OC)c2)cc1OC. The second-order valence-corrected chi connectivity index (χ2v) is 8.65. The highest BCUT2D eigenvalue weighted by molar-refractivity contribution is 14.1. The Morgan fingerprint density at radius 2 is 1.68 bits per heavy atom. The fourth-order valence-electron chi connectivity index (χ4n) is 3.16. The lowest BCUT2D eigenvalue weighted by atomic mass is 10.1. The van der Waals surface area contributed by atoms with Gasteiger partial charge in [0.2, 0.25) is 0 Å². The Balaban J connectivity index is 1.66. The third-order valence-electron chi connectivity index (χ3n) is 5.00. The molecule has 3 aromatic rings. The van der Waals surface area contributed by atoms with Gasteiger partial charge in [-0.05, 0) is 76.2 Å². The van der Waals surface area contributed by atoms with Gasteiger partial charge in [-0.2, -0.15) is 5.10 Å². The predicted octanol–water partition coefficient (Wildman–Crippen LogP) is 4.91. The smallest absolute Gasteiger partial charge is 0.335 e. The Morgan fingerprint density at radius 3 is 2.32 bits per heavy atom. The molecule has 9 nitrogen and oxygen atoms in total. The molecular weight excluding hydrogens is 591 g/mol. The summed E-state index contributed by atoms with van der Waals surface area (Å²) in [5, 5.41) is 13.1. The molecule has 37 heavy (non-hydrogen) atoms. The number of nitrogens with zero attached hydrogens (tertiary/aromatic N) is 1. The van der Waals surface area contributed by atoms with Crippen molar-refractivity contribution < 1.29 is 33.6 Å². The predicted molar refractivity (Wildman–Crippen MR) is 147 cm³/mol. The Morgan fingerprint density at radius 1 is 0.973 bits per heavy atom. The maximum Gasteiger partial charge on any atom is 0.335 e. The molecule has 0 heterocycles. The van der Waals surface area contributed by atoms with E-state index >= 15 is 0 Å². The molecule has 0 aliphatic heterocycles. The van der Waals surface area contributed by atoms with E-state index in [9.17, 15) is 9.59 Å². The number of ether oxygens (including phenoxy) is 4. The quantitative estimate of drug-likeness (QED) is 0.129. The molecule has 0 unspecified atom stereocenters. The van der Waals surface area contributed by atoms with Crippen molar-refractivity contribution in [3.63, 3.8) is 0 Å². The van der Waals surface area contributed by atoms with Crippen molar-refractivity contribution in [2.24, 2.45) is 5.10 Å². The number of carbonyl (C=O) groups excluding carboxylic acids is 1. The van der Waals surface area contributed by atoms with Crippen LogP contribution >= 0.6 is 22.6 Å². The summed E-state index contributed by atoms with van der Waals surface area (Å²) in [4.78, 5) is 23.5. The topological polar surface area (TPSA) is 116 Å². The number of halogens is 1. The minimum Gasteiger partial charge on any atom is -0.493 e. The van der Waals surface area contributed by atoms with Crippen LogP contribution in [0.3, 0.4) is 0 Å². The number of hydrogen-bond acceptors (Lipinski definition) is 7. The van der Waals surface area contributed by atoms with Crippen LogP contribution in [0.15, 0.2) is 72.4 Å². The molecule has 192 valence electrons. The minimum atomic E-state index is -0.983. The van der Waals surface area contributed by atoms with Gasteiger partial charge in [0.25, 0.3) is 5.91 Å². The van der Waals surface area contributed by atoms with Gasteiger partial charge in [-0.15, -0.1) is 0 Å². The molecule has 0 fully saturated rings. The van der Waals surface area contributed by atoms with Gasteiger partial charge in [0.05, 0.1) is 29.6 Å². The van der Waals surface area contributed by atoms with Crippen molar-refractivity contribution in [2.45, 2.75) is 6.61 Å². The Bertz CT molecular complexity index is 1310. The first kappa shape index (κ1) is 27.5. The number of methoxy groups -OCH3 is 2. The maximum absolute atomic E-state index is 12.5. The molecular formula is C27H25IN2O7. The van der Waals surface area contributed by atoms with Gasteiger partial charge in [-0.1, -0.05) is 24.8 Å². The zero-order chi connectivity index (χ0) is 26.8. The fourth-order valence-corrected chi connectivity index (χ4v) is 3.94. The summed E-state index contributed by atoms with van der Waals surface area (Å²) >= 11 is 2.12. The molecule has 3 rings (SSSR count). The van der Waals surface area contributed by atoms with E-state index in [0.29, 0.717) is 40.7 Å². The van der Waals surface area contributed by atoms with Crippen molar-refractivity contribution >= 4 is 40.7 Å².